The molecule has 0 aromatic carbocycles. The van der Waals surface area contributed by atoms with Crippen molar-refractivity contribution >= 4 is 5.71 Å². The lowest BCUT2D eigenvalue weighted by Crippen LogP contribution is -2.47. The van der Waals surface area contributed by atoms with Gasteiger partial charge in [0.05, 0.1) is 5.71 Å². The van der Waals surface area contributed by atoms with Gasteiger partial charge in [-0.05, 0) is 25.9 Å². The van der Waals surface area contributed by atoms with Crippen LogP contribution >= 0.6 is 0 Å². The van der Waals surface area contributed by atoms with Crippen LogP contribution in [0.1, 0.15) is 12.8 Å². The fourth-order valence-electron chi connectivity index (χ4n) is 2.00. The summed E-state index contributed by atoms with van der Waals surface area (Å²) in [6.07, 6.45) is 2.56. The molecule has 3 heteroatoms. The zero-order valence-corrected chi connectivity index (χ0v) is 6.92. The van der Waals surface area contributed by atoms with E-state index in [1.165, 1.54) is 31.6 Å². The first-order valence-electron chi connectivity index (χ1n) is 4.22. The molecule has 0 atom stereocenters. The summed E-state index contributed by atoms with van der Waals surface area (Å²) in [5.41, 5.74) is 1.25. The molecule has 0 N–H and O–H groups in total. The van der Waals surface area contributed by atoms with Crippen LogP contribution < -0.4 is 0 Å². The van der Waals surface area contributed by atoms with Crippen molar-refractivity contribution in [2.45, 2.75) is 12.8 Å². The molecule has 3 fully saturated rings. The van der Waals surface area contributed by atoms with Gasteiger partial charge in [-0.25, -0.2) is 0 Å². The smallest absolute Gasteiger partial charge is 0.106 e. The van der Waals surface area contributed by atoms with Gasteiger partial charge in [0.2, 0.25) is 0 Å². The van der Waals surface area contributed by atoms with Crippen LogP contribution in [0.4, 0.5) is 0 Å². The van der Waals surface area contributed by atoms with E-state index in [4.69, 9.17) is 4.84 Å². The van der Waals surface area contributed by atoms with Gasteiger partial charge in [-0.2, -0.15) is 0 Å². The minimum Gasteiger partial charge on any atom is -0.399 e. The quantitative estimate of drug-likeness (QED) is 0.520. The summed E-state index contributed by atoms with van der Waals surface area (Å²) in [7, 11) is 1.63. The molecule has 62 valence electrons. The zero-order chi connectivity index (χ0) is 7.68. The lowest BCUT2D eigenvalue weighted by molar-refractivity contribution is 0.172. The maximum absolute atomic E-state index is 4.80. The molecule has 3 aliphatic rings. The van der Waals surface area contributed by atoms with Crippen LogP contribution in [0, 0.1) is 5.92 Å². The van der Waals surface area contributed by atoms with Gasteiger partial charge in [0, 0.05) is 12.5 Å². The average Bonchev–Trinajstić information content (AvgIpc) is 2.07. The SMILES string of the molecule is CON=C1CN2CCC1CC2. The standard InChI is InChI=1S/C8H14N2O/c1-11-9-8-6-10-4-2-7(8)3-5-10/h7H,2-6H2,1H3. The van der Waals surface area contributed by atoms with Crippen LogP contribution in [0.25, 0.3) is 0 Å². The first kappa shape index (κ1) is 7.10. The number of nitrogens with zero attached hydrogens (tertiary/aromatic N) is 2. The van der Waals surface area contributed by atoms with E-state index in [-0.39, 0.29) is 0 Å². The first-order valence-corrected chi connectivity index (χ1v) is 4.22. The molecular formula is C8H14N2O. The second-order valence-corrected chi connectivity index (χ2v) is 3.32. The van der Waals surface area contributed by atoms with Crippen LogP contribution in [0.2, 0.25) is 0 Å². The van der Waals surface area contributed by atoms with Crippen molar-refractivity contribution in [2.75, 3.05) is 26.7 Å². The van der Waals surface area contributed by atoms with Crippen LogP contribution in [-0.4, -0.2) is 37.4 Å². The number of hydrogen-bond acceptors (Lipinski definition) is 3. The summed E-state index contributed by atoms with van der Waals surface area (Å²) >= 11 is 0. The normalized spacial score (nSPS) is 39.5. The van der Waals surface area contributed by atoms with Gasteiger partial charge in [-0.1, -0.05) is 5.16 Å². The van der Waals surface area contributed by atoms with Crippen molar-refractivity contribution in [3.05, 3.63) is 0 Å². The lowest BCUT2D eigenvalue weighted by Gasteiger charge is -2.39. The van der Waals surface area contributed by atoms with Crippen molar-refractivity contribution < 1.29 is 4.84 Å². The van der Waals surface area contributed by atoms with Gasteiger partial charge in [0.15, 0.2) is 0 Å². The minimum absolute atomic E-state index is 0.722. The fraction of sp³-hybridized carbons (Fsp3) is 0.875. The Bertz CT molecular complexity index is 171. The second-order valence-electron chi connectivity index (χ2n) is 3.32. The van der Waals surface area contributed by atoms with E-state index in [0.29, 0.717) is 0 Å². The van der Waals surface area contributed by atoms with Crippen LogP contribution in [-0.2, 0) is 4.84 Å². The number of oxime groups is 1. The van der Waals surface area contributed by atoms with Crippen molar-refractivity contribution in [3.63, 3.8) is 0 Å². The van der Waals surface area contributed by atoms with Gasteiger partial charge in [0.1, 0.15) is 7.11 Å². The predicted octanol–water partition coefficient (Wildman–Crippen LogP) is 0.714. The molecule has 3 saturated heterocycles. The van der Waals surface area contributed by atoms with Crippen LogP contribution in [0.5, 0.6) is 0 Å². The third kappa shape index (κ3) is 1.25. The van der Waals surface area contributed by atoms with E-state index in [1.807, 2.05) is 0 Å². The van der Waals surface area contributed by atoms with E-state index in [0.717, 1.165) is 12.5 Å². The fourth-order valence-corrected chi connectivity index (χ4v) is 2.00. The van der Waals surface area contributed by atoms with Crippen LogP contribution in [0.15, 0.2) is 5.16 Å². The highest BCUT2D eigenvalue weighted by Gasteiger charge is 2.31. The molecule has 0 unspecified atom stereocenters. The number of rotatable bonds is 1. The molecule has 0 saturated carbocycles. The molecule has 3 rings (SSSR count). The van der Waals surface area contributed by atoms with Gasteiger partial charge in [0.25, 0.3) is 0 Å². The Morgan fingerprint density at radius 2 is 2.18 bits per heavy atom. The molecule has 2 bridgehead atoms. The summed E-state index contributed by atoms with van der Waals surface area (Å²) in [5.74, 6) is 0.722. The summed E-state index contributed by atoms with van der Waals surface area (Å²) in [4.78, 5) is 7.24. The van der Waals surface area contributed by atoms with Gasteiger partial charge in [-0.15, -0.1) is 0 Å². The van der Waals surface area contributed by atoms with E-state index in [1.54, 1.807) is 7.11 Å². The third-order valence-electron chi connectivity index (χ3n) is 2.65. The van der Waals surface area contributed by atoms with Gasteiger partial charge < -0.3 is 4.84 Å². The molecular weight excluding hydrogens is 140 g/mol. The Balaban J connectivity index is 2.08. The maximum atomic E-state index is 4.80. The molecule has 3 nitrogen and oxygen atoms in total. The number of piperidine rings is 3. The van der Waals surface area contributed by atoms with E-state index in [9.17, 15) is 0 Å². The molecule has 3 aliphatic heterocycles. The molecule has 0 spiro atoms. The first-order chi connectivity index (χ1) is 5.40. The molecule has 0 radical (unpaired) electrons. The summed E-state index contributed by atoms with van der Waals surface area (Å²) in [6, 6.07) is 0. The predicted molar refractivity (Wildman–Crippen MR) is 43.6 cm³/mol. The maximum Gasteiger partial charge on any atom is 0.106 e. The summed E-state index contributed by atoms with van der Waals surface area (Å²) in [5, 5.41) is 4.04. The van der Waals surface area contributed by atoms with Crippen molar-refractivity contribution in [3.8, 4) is 0 Å². The Morgan fingerprint density at radius 3 is 2.64 bits per heavy atom. The van der Waals surface area contributed by atoms with Crippen molar-refractivity contribution in [1.29, 1.82) is 0 Å². The highest BCUT2D eigenvalue weighted by Crippen LogP contribution is 2.25. The number of fused-ring (bicyclic) bond motifs is 3. The van der Waals surface area contributed by atoms with E-state index >= 15 is 0 Å². The third-order valence-corrected chi connectivity index (χ3v) is 2.65. The molecule has 3 heterocycles. The monoisotopic (exact) mass is 154 g/mol. The second kappa shape index (κ2) is 2.81. The molecule has 0 aromatic heterocycles. The average molecular weight is 154 g/mol. The highest BCUT2D eigenvalue weighted by molar-refractivity contribution is 5.89. The molecule has 0 amide bonds. The van der Waals surface area contributed by atoms with E-state index < -0.39 is 0 Å². The number of hydrogen-bond donors (Lipinski definition) is 0. The molecule has 0 aromatic rings. The van der Waals surface area contributed by atoms with E-state index in [2.05, 4.69) is 10.1 Å². The minimum atomic E-state index is 0.722. The topological polar surface area (TPSA) is 24.8 Å². The Kier molecular flexibility index (Phi) is 1.82. The summed E-state index contributed by atoms with van der Waals surface area (Å²) in [6.45, 7) is 3.55. The van der Waals surface area contributed by atoms with Crippen molar-refractivity contribution in [1.82, 2.24) is 4.90 Å². The molecule has 11 heavy (non-hydrogen) atoms. The summed E-state index contributed by atoms with van der Waals surface area (Å²) < 4.78 is 0. The highest BCUT2D eigenvalue weighted by atomic mass is 16.6. The Morgan fingerprint density at radius 1 is 1.45 bits per heavy atom. The lowest BCUT2D eigenvalue weighted by atomic mass is 9.87. The molecule has 0 aliphatic carbocycles. The Labute approximate surface area is 67.0 Å². The zero-order valence-electron chi connectivity index (χ0n) is 6.92. The largest absolute Gasteiger partial charge is 0.399 e. The van der Waals surface area contributed by atoms with Gasteiger partial charge >= 0.3 is 0 Å². The van der Waals surface area contributed by atoms with Gasteiger partial charge in [-0.3, -0.25) is 4.90 Å². The van der Waals surface area contributed by atoms with Crippen LogP contribution in [0.3, 0.4) is 0 Å². The Hall–Kier alpha value is -0.570. The van der Waals surface area contributed by atoms with Crippen molar-refractivity contribution in [2.24, 2.45) is 11.1 Å².